The first-order valence-corrected chi connectivity index (χ1v) is 8.02. The molecule has 0 saturated carbocycles. The molecule has 0 aliphatic carbocycles. The zero-order valence-corrected chi connectivity index (χ0v) is 13.6. The Morgan fingerprint density at radius 1 is 1.00 bits per heavy atom. The summed E-state index contributed by atoms with van der Waals surface area (Å²) in [6.07, 6.45) is 3.48. The number of hydrogen-bond acceptors (Lipinski definition) is 4. The molecule has 2 heterocycles. The minimum Gasteiger partial charge on any atom is -0.317 e. The van der Waals surface area contributed by atoms with Crippen LogP contribution < -0.4 is 5.43 Å². The quantitative estimate of drug-likeness (QED) is 0.556. The van der Waals surface area contributed by atoms with Crippen LogP contribution in [0.1, 0.15) is 5.56 Å². The van der Waals surface area contributed by atoms with Gasteiger partial charge in [-0.2, -0.15) is 5.10 Å². The van der Waals surface area contributed by atoms with E-state index in [0.29, 0.717) is 11.3 Å². The van der Waals surface area contributed by atoms with Crippen molar-refractivity contribution in [2.75, 3.05) is 5.43 Å². The molecule has 24 heavy (non-hydrogen) atoms. The van der Waals surface area contributed by atoms with Gasteiger partial charge < -0.3 is 5.43 Å². The summed E-state index contributed by atoms with van der Waals surface area (Å²) in [6.45, 7) is 0.646. The van der Waals surface area contributed by atoms with Gasteiger partial charge in [0.05, 0.1) is 6.54 Å². The van der Waals surface area contributed by atoms with Crippen LogP contribution in [-0.4, -0.2) is 19.9 Å². The number of fused-ring (bicyclic) bond motifs is 1. The fourth-order valence-corrected chi connectivity index (χ4v) is 2.95. The highest BCUT2D eigenvalue weighted by Gasteiger charge is 2.09. The molecule has 0 atom stereocenters. The van der Waals surface area contributed by atoms with Crippen molar-refractivity contribution < 1.29 is 0 Å². The molecule has 0 radical (unpaired) electrons. The highest BCUT2D eigenvalue weighted by molar-refractivity contribution is 7.71. The third-order valence-electron chi connectivity index (χ3n) is 3.92. The van der Waals surface area contributed by atoms with E-state index in [4.69, 9.17) is 12.2 Å². The standard InChI is InChI=1S/C18H15N5S/c24-18-22-21-17(14-8-10-19-11-9-14)23(18)20-12-15-6-3-5-13-4-1-2-7-16(13)15/h1-11,20H,12H2,(H,22,24). The number of benzene rings is 2. The average molecular weight is 333 g/mol. The van der Waals surface area contributed by atoms with Crippen LogP contribution in [0.25, 0.3) is 22.2 Å². The first kappa shape index (κ1) is 14.6. The first-order valence-electron chi connectivity index (χ1n) is 7.61. The molecule has 2 N–H and O–H groups in total. The van der Waals surface area contributed by atoms with Gasteiger partial charge in [0, 0.05) is 18.0 Å². The molecule has 6 heteroatoms. The smallest absolute Gasteiger partial charge is 0.214 e. The molecular weight excluding hydrogens is 318 g/mol. The van der Waals surface area contributed by atoms with Gasteiger partial charge in [0.2, 0.25) is 4.77 Å². The molecule has 2 aromatic heterocycles. The van der Waals surface area contributed by atoms with Crippen LogP contribution in [0.5, 0.6) is 0 Å². The Hall–Kier alpha value is -2.99. The van der Waals surface area contributed by atoms with Crippen LogP contribution in [0.3, 0.4) is 0 Å². The molecule has 0 aliphatic heterocycles. The van der Waals surface area contributed by atoms with Gasteiger partial charge >= 0.3 is 0 Å². The van der Waals surface area contributed by atoms with Crippen molar-refractivity contribution in [2.24, 2.45) is 0 Å². The lowest BCUT2D eigenvalue weighted by Gasteiger charge is -2.12. The molecule has 0 bridgehead atoms. The number of pyridine rings is 1. The van der Waals surface area contributed by atoms with E-state index >= 15 is 0 Å². The van der Waals surface area contributed by atoms with Gasteiger partial charge in [-0.05, 0) is 40.7 Å². The van der Waals surface area contributed by atoms with E-state index in [1.165, 1.54) is 16.3 Å². The normalized spacial score (nSPS) is 10.8. The number of H-pyrrole nitrogens is 1. The summed E-state index contributed by atoms with van der Waals surface area (Å²) < 4.78 is 2.33. The Labute approximate surface area is 144 Å². The van der Waals surface area contributed by atoms with Gasteiger partial charge in [-0.1, -0.05) is 42.5 Å². The van der Waals surface area contributed by atoms with Gasteiger partial charge in [-0.3, -0.25) is 4.98 Å². The van der Waals surface area contributed by atoms with Crippen LogP contribution in [-0.2, 0) is 6.54 Å². The van der Waals surface area contributed by atoms with Crippen LogP contribution in [0.2, 0.25) is 0 Å². The fraction of sp³-hybridized carbons (Fsp3) is 0.0556. The maximum atomic E-state index is 5.35. The van der Waals surface area contributed by atoms with Crippen molar-refractivity contribution in [1.82, 2.24) is 19.9 Å². The maximum absolute atomic E-state index is 5.35. The second-order valence-electron chi connectivity index (χ2n) is 5.40. The Morgan fingerprint density at radius 2 is 1.79 bits per heavy atom. The number of aromatic nitrogens is 4. The summed E-state index contributed by atoms with van der Waals surface area (Å²) in [6, 6.07) is 18.5. The molecule has 0 aliphatic rings. The van der Waals surface area contributed by atoms with Gasteiger partial charge in [0.1, 0.15) is 0 Å². The lowest BCUT2D eigenvalue weighted by Crippen LogP contribution is -2.16. The van der Waals surface area contributed by atoms with E-state index < -0.39 is 0 Å². The van der Waals surface area contributed by atoms with E-state index in [1.807, 2.05) is 18.2 Å². The van der Waals surface area contributed by atoms with E-state index in [-0.39, 0.29) is 0 Å². The molecule has 2 aromatic carbocycles. The van der Waals surface area contributed by atoms with Gasteiger partial charge in [-0.15, -0.1) is 0 Å². The zero-order chi connectivity index (χ0) is 16.4. The molecule has 0 fully saturated rings. The molecule has 0 spiro atoms. The monoisotopic (exact) mass is 333 g/mol. The molecule has 5 nitrogen and oxygen atoms in total. The molecule has 0 amide bonds. The summed E-state index contributed by atoms with van der Waals surface area (Å²) in [7, 11) is 0. The third kappa shape index (κ3) is 2.68. The fourth-order valence-electron chi connectivity index (χ4n) is 2.75. The lowest BCUT2D eigenvalue weighted by molar-refractivity contribution is 0.834. The van der Waals surface area contributed by atoms with Crippen LogP contribution in [0, 0.1) is 4.77 Å². The van der Waals surface area contributed by atoms with Crippen LogP contribution >= 0.6 is 12.2 Å². The molecule has 4 rings (SSSR count). The molecular formula is C18H15N5S. The van der Waals surface area contributed by atoms with Gasteiger partial charge in [0.25, 0.3) is 0 Å². The van der Waals surface area contributed by atoms with E-state index in [0.717, 1.165) is 11.4 Å². The maximum Gasteiger partial charge on any atom is 0.214 e. The number of nitrogens with zero attached hydrogens (tertiary/aromatic N) is 3. The Bertz CT molecular complexity index is 1030. The largest absolute Gasteiger partial charge is 0.317 e. The van der Waals surface area contributed by atoms with Crippen molar-refractivity contribution in [1.29, 1.82) is 0 Å². The average Bonchev–Trinajstić information content (AvgIpc) is 3.01. The van der Waals surface area contributed by atoms with E-state index in [1.54, 1.807) is 17.1 Å². The number of aromatic amines is 1. The van der Waals surface area contributed by atoms with E-state index in [2.05, 4.69) is 57.0 Å². The highest BCUT2D eigenvalue weighted by Crippen LogP contribution is 2.19. The Balaban J connectivity index is 1.67. The van der Waals surface area contributed by atoms with Crippen molar-refractivity contribution in [2.45, 2.75) is 6.54 Å². The van der Waals surface area contributed by atoms with E-state index in [9.17, 15) is 0 Å². The summed E-state index contributed by atoms with van der Waals surface area (Å²) in [4.78, 5) is 4.04. The van der Waals surface area contributed by atoms with Crippen LogP contribution in [0.4, 0.5) is 0 Å². The number of rotatable bonds is 4. The van der Waals surface area contributed by atoms with Crippen molar-refractivity contribution in [3.05, 3.63) is 77.3 Å². The SMILES string of the molecule is S=c1[nH]nc(-c2ccncc2)n1NCc1cccc2ccccc12. The predicted molar refractivity (Wildman–Crippen MR) is 97.7 cm³/mol. The molecule has 0 unspecified atom stereocenters. The molecule has 118 valence electrons. The highest BCUT2D eigenvalue weighted by atomic mass is 32.1. The summed E-state index contributed by atoms with van der Waals surface area (Å²) in [5.74, 6) is 0.739. The topological polar surface area (TPSA) is 58.5 Å². The summed E-state index contributed by atoms with van der Waals surface area (Å²) in [5, 5.41) is 9.61. The number of nitrogens with one attached hydrogen (secondary N) is 2. The van der Waals surface area contributed by atoms with Crippen molar-refractivity contribution >= 4 is 23.0 Å². The zero-order valence-electron chi connectivity index (χ0n) is 12.8. The minimum atomic E-state index is 0.530. The summed E-state index contributed by atoms with van der Waals surface area (Å²) in [5.41, 5.74) is 5.52. The second-order valence-corrected chi connectivity index (χ2v) is 5.78. The summed E-state index contributed by atoms with van der Waals surface area (Å²) >= 11 is 5.35. The first-order chi connectivity index (χ1) is 11.8. The lowest BCUT2D eigenvalue weighted by atomic mass is 10.1. The molecule has 4 aromatic rings. The van der Waals surface area contributed by atoms with Gasteiger partial charge in [-0.25, -0.2) is 9.77 Å². The van der Waals surface area contributed by atoms with Crippen molar-refractivity contribution in [3.8, 4) is 11.4 Å². The Morgan fingerprint density at radius 3 is 2.67 bits per heavy atom. The third-order valence-corrected chi connectivity index (χ3v) is 4.19. The van der Waals surface area contributed by atoms with Gasteiger partial charge in [0.15, 0.2) is 5.82 Å². The predicted octanol–water partition coefficient (Wildman–Crippen LogP) is 3.90. The van der Waals surface area contributed by atoms with Crippen LogP contribution in [0.15, 0.2) is 67.0 Å². The van der Waals surface area contributed by atoms with Crippen molar-refractivity contribution in [3.63, 3.8) is 0 Å². The second kappa shape index (κ2) is 6.25. The minimum absolute atomic E-state index is 0.530. The Kier molecular flexibility index (Phi) is 3.80. The molecule has 0 saturated heterocycles. The number of hydrogen-bond donors (Lipinski definition) is 2.